The average Bonchev–Trinajstić information content (AvgIpc) is 3.49. The van der Waals surface area contributed by atoms with Crippen LogP contribution < -0.4 is 0 Å². The van der Waals surface area contributed by atoms with E-state index in [4.69, 9.17) is 14.2 Å². The molecule has 5 nitrogen and oxygen atoms in total. The van der Waals surface area contributed by atoms with Crippen LogP contribution >= 0.6 is 0 Å². The zero-order valence-corrected chi connectivity index (χ0v) is 28.6. The van der Waals surface area contributed by atoms with Crippen molar-refractivity contribution in [2.45, 2.75) is 111 Å². The molecule has 5 heteroatoms. The standard InChI is InChI=1S/C40H56O5/c1-8-39-18-19-40(44-20-21-45-40)36(4,5)32(39)15-17-38(7)33(39)31(41)22-30-28-23-35(2,3)24-29(27(28)14-16-37(30,38)6)34(42)43-25-26-12-10-9-11-13-26/h8-13,22,27-29,31-33,41H,1,14-21,23-25H2,2-7H3/t27?,28?,29-,31+,32?,33?,37-,38-,39+/m1/s1. The molecule has 4 saturated carbocycles. The molecule has 4 unspecified atom stereocenters. The molecule has 5 fully saturated rings. The maximum Gasteiger partial charge on any atom is 0.309 e. The highest BCUT2D eigenvalue weighted by Crippen LogP contribution is 2.76. The van der Waals surface area contributed by atoms with Gasteiger partial charge in [-0.3, -0.25) is 4.79 Å². The molecule has 0 radical (unpaired) electrons. The van der Waals surface area contributed by atoms with Crippen LogP contribution in [-0.2, 0) is 25.6 Å². The third-order valence-electron chi connectivity index (χ3n) is 14.8. The van der Waals surface area contributed by atoms with Crippen LogP contribution in [0.15, 0.2) is 54.6 Å². The van der Waals surface area contributed by atoms with Crippen molar-refractivity contribution in [3.05, 3.63) is 60.2 Å². The summed E-state index contributed by atoms with van der Waals surface area (Å²) >= 11 is 0. The Morgan fingerprint density at radius 3 is 2.38 bits per heavy atom. The number of rotatable bonds is 4. The summed E-state index contributed by atoms with van der Waals surface area (Å²) in [6.07, 6.45) is 11.8. The third kappa shape index (κ3) is 4.38. The molecule has 45 heavy (non-hydrogen) atoms. The molecule has 1 N–H and O–H groups in total. The maximum atomic E-state index is 13.8. The van der Waals surface area contributed by atoms with Gasteiger partial charge in [0, 0.05) is 17.8 Å². The van der Waals surface area contributed by atoms with E-state index in [-0.39, 0.29) is 56.7 Å². The van der Waals surface area contributed by atoms with Gasteiger partial charge in [0.15, 0.2) is 5.79 Å². The van der Waals surface area contributed by atoms with E-state index in [1.54, 1.807) is 0 Å². The van der Waals surface area contributed by atoms with Crippen LogP contribution in [-0.4, -0.2) is 36.2 Å². The van der Waals surface area contributed by atoms with Crippen molar-refractivity contribution in [3.8, 4) is 0 Å². The van der Waals surface area contributed by atoms with E-state index in [0.29, 0.717) is 25.7 Å². The van der Waals surface area contributed by atoms with Gasteiger partial charge in [0.2, 0.25) is 0 Å². The fourth-order valence-electron chi connectivity index (χ4n) is 12.6. The summed E-state index contributed by atoms with van der Waals surface area (Å²) in [6.45, 7) is 20.5. The van der Waals surface area contributed by atoms with E-state index < -0.39 is 11.9 Å². The fraction of sp³-hybridized carbons (Fsp3) is 0.725. The van der Waals surface area contributed by atoms with Gasteiger partial charge in [-0.1, -0.05) is 89.6 Å². The van der Waals surface area contributed by atoms with Crippen LogP contribution in [0.2, 0.25) is 0 Å². The minimum Gasteiger partial charge on any atom is -0.461 e. The van der Waals surface area contributed by atoms with Crippen LogP contribution in [0.5, 0.6) is 0 Å². The van der Waals surface area contributed by atoms with E-state index >= 15 is 0 Å². The van der Waals surface area contributed by atoms with Gasteiger partial charge in [0.25, 0.3) is 0 Å². The molecule has 1 saturated heterocycles. The number of ether oxygens (including phenoxy) is 3. The Hall–Kier alpha value is -1.95. The lowest BCUT2D eigenvalue weighted by Crippen LogP contribution is -2.69. The molecule has 1 aliphatic heterocycles. The minimum absolute atomic E-state index is 0.0163. The maximum absolute atomic E-state index is 13.8. The van der Waals surface area contributed by atoms with Gasteiger partial charge < -0.3 is 19.3 Å². The Labute approximate surface area is 271 Å². The smallest absolute Gasteiger partial charge is 0.309 e. The molecule has 1 aromatic rings. The SMILES string of the molecule is C=C[C@]12CCC3(OCCO3)C(C)(C)C1CC[C@]1(C)C2[C@@H](O)C=C2C3CC(C)(C)C[C@@H](C(=O)OCc4ccccc4)C3CC[C@]21C. The minimum atomic E-state index is -0.554. The monoisotopic (exact) mass is 616 g/mol. The number of fused-ring (bicyclic) bond motifs is 7. The topological polar surface area (TPSA) is 65.0 Å². The largest absolute Gasteiger partial charge is 0.461 e. The summed E-state index contributed by atoms with van der Waals surface area (Å²) in [5.41, 5.74) is 1.93. The number of benzene rings is 1. The summed E-state index contributed by atoms with van der Waals surface area (Å²) < 4.78 is 18.8. The number of carbonyl (C=O) groups is 1. The van der Waals surface area contributed by atoms with Gasteiger partial charge in [0.1, 0.15) is 6.61 Å². The Bertz CT molecular complexity index is 1360. The van der Waals surface area contributed by atoms with E-state index in [1.165, 1.54) is 5.57 Å². The van der Waals surface area contributed by atoms with E-state index in [2.05, 4.69) is 60.3 Å². The summed E-state index contributed by atoms with van der Waals surface area (Å²) in [6, 6.07) is 10.0. The highest BCUT2D eigenvalue weighted by Gasteiger charge is 2.72. The van der Waals surface area contributed by atoms with Gasteiger partial charge >= 0.3 is 5.97 Å². The van der Waals surface area contributed by atoms with Crippen molar-refractivity contribution in [2.75, 3.05) is 13.2 Å². The predicted molar refractivity (Wildman–Crippen MR) is 176 cm³/mol. The second-order valence-electron chi connectivity index (χ2n) is 17.5. The van der Waals surface area contributed by atoms with Crippen LogP contribution in [0.3, 0.4) is 0 Å². The molecule has 0 aromatic heterocycles. The van der Waals surface area contributed by atoms with Crippen molar-refractivity contribution in [1.29, 1.82) is 0 Å². The number of esters is 1. The van der Waals surface area contributed by atoms with Gasteiger partial charge in [-0.15, -0.1) is 6.58 Å². The van der Waals surface area contributed by atoms with Crippen molar-refractivity contribution in [3.63, 3.8) is 0 Å². The van der Waals surface area contributed by atoms with Gasteiger partial charge in [0.05, 0.1) is 25.2 Å². The van der Waals surface area contributed by atoms with Crippen molar-refractivity contribution < 1.29 is 24.1 Å². The number of carbonyl (C=O) groups excluding carboxylic acids is 1. The van der Waals surface area contributed by atoms with E-state index in [9.17, 15) is 9.90 Å². The molecule has 1 heterocycles. The van der Waals surface area contributed by atoms with Gasteiger partial charge in [-0.25, -0.2) is 0 Å². The van der Waals surface area contributed by atoms with Crippen LogP contribution in [0, 0.1) is 56.7 Å². The lowest BCUT2D eigenvalue weighted by atomic mass is 9.33. The number of hydrogen-bond donors (Lipinski definition) is 1. The summed E-state index contributed by atoms with van der Waals surface area (Å²) in [5, 5.41) is 12.4. The third-order valence-corrected chi connectivity index (χ3v) is 14.8. The number of aliphatic hydroxyl groups excluding tert-OH is 1. The molecular weight excluding hydrogens is 560 g/mol. The molecule has 1 aromatic carbocycles. The Morgan fingerprint density at radius 2 is 1.69 bits per heavy atom. The molecule has 0 amide bonds. The van der Waals surface area contributed by atoms with Crippen LogP contribution in [0.1, 0.15) is 98.5 Å². The zero-order valence-electron chi connectivity index (χ0n) is 28.6. The van der Waals surface area contributed by atoms with Gasteiger partial charge in [-0.05, 0) is 89.9 Å². The summed E-state index contributed by atoms with van der Waals surface area (Å²) in [4.78, 5) is 13.8. The van der Waals surface area contributed by atoms with Crippen LogP contribution in [0.4, 0.5) is 0 Å². The first-order valence-electron chi connectivity index (χ1n) is 17.8. The van der Waals surface area contributed by atoms with Crippen molar-refractivity contribution in [2.24, 2.45) is 56.7 Å². The second kappa shape index (κ2) is 10.5. The second-order valence-corrected chi connectivity index (χ2v) is 17.5. The quantitative estimate of drug-likeness (QED) is 0.273. The average molecular weight is 617 g/mol. The fourth-order valence-corrected chi connectivity index (χ4v) is 12.6. The molecular formula is C40H56O5. The molecule has 7 rings (SSSR count). The van der Waals surface area contributed by atoms with Crippen molar-refractivity contribution in [1.82, 2.24) is 0 Å². The lowest BCUT2D eigenvalue weighted by molar-refractivity contribution is -0.306. The Kier molecular flexibility index (Phi) is 7.40. The highest BCUT2D eigenvalue weighted by molar-refractivity contribution is 5.73. The normalized spacial score (nSPS) is 44.0. The first-order chi connectivity index (χ1) is 21.2. The van der Waals surface area contributed by atoms with E-state index in [1.807, 2.05) is 30.3 Å². The first kappa shape index (κ1) is 31.6. The Morgan fingerprint density at radius 1 is 0.978 bits per heavy atom. The Balaban J connectivity index is 1.23. The number of hydrogen-bond acceptors (Lipinski definition) is 5. The van der Waals surface area contributed by atoms with Crippen molar-refractivity contribution >= 4 is 5.97 Å². The number of allylic oxidation sites excluding steroid dienone is 2. The zero-order chi connectivity index (χ0) is 32.0. The highest BCUT2D eigenvalue weighted by atomic mass is 16.7. The van der Waals surface area contributed by atoms with Crippen LogP contribution in [0.25, 0.3) is 0 Å². The summed E-state index contributed by atoms with van der Waals surface area (Å²) in [5.74, 6) is 0.209. The lowest BCUT2D eigenvalue weighted by Gasteiger charge is -2.72. The van der Waals surface area contributed by atoms with Gasteiger partial charge in [-0.2, -0.15) is 0 Å². The molecule has 6 aliphatic rings. The predicted octanol–water partition coefficient (Wildman–Crippen LogP) is 8.27. The molecule has 5 aliphatic carbocycles. The first-order valence-corrected chi connectivity index (χ1v) is 17.8. The number of aliphatic hydroxyl groups is 1. The molecule has 0 bridgehead atoms. The molecule has 246 valence electrons. The molecule has 9 atom stereocenters. The molecule has 1 spiro atoms. The summed E-state index contributed by atoms with van der Waals surface area (Å²) in [7, 11) is 0. The van der Waals surface area contributed by atoms with E-state index in [0.717, 1.165) is 56.9 Å².